The molecule has 68 valence electrons. The Hall–Kier alpha value is 0.890. The van der Waals surface area contributed by atoms with Crippen LogP contribution in [0.15, 0.2) is 0 Å². The maximum atomic E-state index is 12.7. The highest BCUT2D eigenvalue weighted by molar-refractivity contribution is 9.25. The van der Waals surface area contributed by atoms with Gasteiger partial charge in [-0.3, -0.25) is 0 Å². The van der Waals surface area contributed by atoms with Gasteiger partial charge in [-0.1, -0.05) is 32.6 Å². The third kappa shape index (κ3) is 10.9. The Morgan fingerprint density at radius 3 is 2.09 bits per heavy atom. The summed E-state index contributed by atoms with van der Waals surface area (Å²) in [6, 6.07) is 0. The van der Waals surface area contributed by atoms with Gasteiger partial charge in [0.2, 0.25) is 3.49 Å². The zero-order valence-corrected chi connectivity index (χ0v) is 10.0. The van der Waals surface area contributed by atoms with Gasteiger partial charge < -0.3 is 0 Å². The maximum absolute atomic E-state index is 12.7. The van der Waals surface area contributed by atoms with Crippen molar-refractivity contribution in [3.05, 3.63) is 0 Å². The van der Waals surface area contributed by atoms with Crippen LogP contribution in [0.5, 0.6) is 0 Å². The number of alkyl halides is 3. The highest BCUT2D eigenvalue weighted by Gasteiger charge is 2.18. The molecule has 11 heavy (non-hydrogen) atoms. The van der Waals surface area contributed by atoms with Crippen LogP contribution in [0, 0.1) is 0 Å². The molecule has 0 N–H and O–H groups in total. The minimum absolute atomic E-state index is 0.552. The fourth-order valence-corrected chi connectivity index (χ4v) is 1.49. The normalized spacial score (nSPS) is 12.0. The monoisotopic (exact) mass is 288 g/mol. The van der Waals surface area contributed by atoms with E-state index in [0.29, 0.717) is 6.42 Å². The van der Waals surface area contributed by atoms with Crippen LogP contribution in [-0.4, -0.2) is 3.49 Å². The number of hydrogen-bond donors (Lipinski definition) is 0. The first-order valence-corrected chi connectivity index (χ1v) is 5.71. The van der Waals surface area contributed by atoms with Crippen LogP contribution in [0.3, 0.4) is 0 Å². The highest BCUT2D eigenvalue weighted by Crippen LogP contribution is 2.33. The Bertz CT molecular complexity index is 88.6. The van der Waals surface area contributed by atoms with Crippen molar-refractivity contribution in [3.8, 4) is 0 Å². The highest BCUT2D eigenvalue weighted by atomic mass is 79.9. The zero-order valence-electron chi connectivity index (χ0n) is 6.88. The lowest BCUT2D eigenvalue weighted by Crippen LogP contribution is -2.00. The molecule has 0 fully saturated rings. The van der Waals surface area contributed by atoms with E-state index in [4.69, 9.17) is 0 Å². The molecule has 0 atom stereocenters. The smallest absolute Gasteiger partial charge is 0.218 e. The number of unbranched alkanes of at least 4 members (excludes halogenated alkanes) is 4. The van der Waals surface area contributed by atoms with E-state index in [1.165, 1.54) is 19.3 Å². The van der Waals surface area contributed by atoms with Gasteiger partial charge in [0.25, 0.3) is 0 Å². The molecule has 0 aromatic carbocycles. The molecule has 0 aliphatic heterocycles. The molecule has 0 aromatic rings. The second-order valence-electron chi connectivity index (χ2n) is 2.78. The summed E-state index contributed by atoms with van der Waals surface area (Å²) in [4.78, 5) is 0. The Morgan fingerprint density at radius 1 is 1.09 bits per heavy atom. The maximum Gasteiger partial charge on any atom is 0.218 e. The number of rotatable bonds is 6. The van der Waals surface area contributed by atoms with Gasteiger partial charge in [0.05, 0.1) is 0 Å². The summed E-state index contributed by atoms with van der Waals surface area (Å²) in [7, 11) is 0. The molecule has 0 aliphatic carbocycles. The third-order valence-electron chi connectivity index (χ3n) is 1.56. The molecule has 0 nitrogen and oxygen atoms in total. The molecule has 0 aliphatic rings. The largest absolute Gasteiger partial charge is 0.219 e. The molecule has 0 saturated carbocycles. The SMILES string of the molecule is CCCCCCCC(F)(Br)Br. The van der Waals surface area contributed by atoms with E-state index in [0.717, 1.165) is 12.8 Å². The van der Waals surface area contributed by atoms with Gasteiger partial charge in [-0.15, -0.1) is 0 Å². The van der Waals surface area contributed by atoms with E-state index in [9.17, 15) is 4.39 Å². The van der Waals surface area contributed by atoms with Crippen molar-refractivity contribution < 1.29 is 4.39 Å². The quantitative estimate of drug-likeness (QED) is 0.488. The van der Waals surface area contributed by atoms with Crippen molar-refractivity contribution in [2.45, 2.75) is 48.9 Å². The van der Waals surface area contributed by atoms with Crippen molar-refractivity contribution in [2.75, 3.05) is 0 Å². The van der Waals surface area contributed by atoms with Crippen LogP contribution in [0.2, 0.25) is 0 Å². The van der Waals surface area contributed by atoms with E-state index in [1.54, 1.807) is 0 Å². The van der Waals surface area contributed by atoms with E-state index in [1.807, 2.05) is 0 Å². The topological polar surface area (TPSA) is 0 Å². The summed E-state index contributed by atoms with van der Waals surface area (Å²) in [5, 5.41) is 0. The molecule has 0 saturated heterocycles. The third-order valence-corrected chi connectivity index (χ3v) is 2.36. The predicted molar refractivity (Wildman–Crippen MR) is 55.1 cm³/mol. The van der Waals surface area contributed by atoms with Gasteiger partial charge in [-0.25, -0.2) is 4.39 Å². The average molecular weight is 290 g/mol. The molecule has 3 heteroatoms. The van der Waals surface area contributed by atoms with Gasteiger partial charge in [0.15, 0.2) is 0 Å². The van der Waals surface area contributed by atoms with Crippen LogP contribution in [0.4, 0.5) is 4.39 Å². The van der Waals surface area contributed by atoms with Crippen molar-refractivity contribution in [1.82, 2.24) is 0 Å². The summed E-state index contributed by atoms with van der Waals surface area (Å²) >= 11 is 5.80. The molecule has 0 spiro atoms. The summed E-state index contributed by atoms with van der Waals surface area (Å²) < 4.78 is 11.4. The fraction of sp³-hybridized carbons (Fsp3) is 1.00. The molecule has 0 heterocycles. The summed E-state index contributed by atoms with van der Waals surface area (Å²) in [6.45, 7) is 2.18. The summed E-state index contributed by atoms with van der Waals surface area (Å²) in [5.41, 5.74) is 0. The van der Waals surface area contributed by atoms with Crippen LogP contribution in [0.25, 0.3) is 0 Å². The van der Waals surface area contributed by atoms with Gasteiger partial charge in [0.1, 0.15) is 0 Å². The Balaban J connectivity index is 3.02. The summed E-state index contributed by atoms with van der Waals surface area (Å²) in [6.07, 6.45) is 6.38. The first-order chi connectivity index (χ1) is 5.06. The van der Waals surface area contributed by atoms with Gasteiger partial charge in [-0.05, 0) is 38.3 Å². The second-order valence-corrected chi connectivity index (χ2v) is 6.36. The first kappa shape index (κ1) is 11.9. The standard InChI is InChI=1S/C8H15Br2F/c1-2-3-4-5-6-7-8(9,10)11/h2-7H2,1H3. The molecule has 0 unspecified atom stereocenters. The van der Waals surface area contributed by atoms with Crippen LogP contribution < -0.4 is 0 Å². The molecule has 0 aromatic heterocycles. The number of hydrogen-bond acceptors (Lipinski definition) is 0. The van der Waals surface area contributed by atoms with Gasteiger partial charge >= 0.3 is 0 Å². The van der Waals surface area contributed by atoms with E-state index >= 15 is 0 Å². The van der Waals surface area contributed by atoms with Crippen molar-refractivity contribution in [2.24, 2.45) is 0 Å². The molecule has 0 amide bonds. The van der Waals surface area contributed by atoms with Crippen LogP contribution in [-0.2, 0) is 0 Å². The van der Waals surface area contributed by atoms with Crippen LogP contribution in [0.1, 0.15) is 45.4 Å². The molecular formula is C8H15Br2F. The van der Waals surface area contributed by atoms with Gasteiger partial charge in [0, 0.05) is 6.42 Å². The van der Waals surface area contributed by atoms with E-state index in [-0.39, 0.29) is 0 Å². The zero-order chi connectivity index (χ0) is 8.74. The lowest BCUT2D eigenvalue weighted by molar-refractivity contribution is 0.391. The Labute approximate surface area is 85.2 Å². The van der Waals surface area contributed by atoms with E-state index in [2.05, 4.69) is 38.8 Å². The van der Waals surface area contributed by atoms with Crippen molar-refractivity contribution in [1.29, 1.82) is 0 Å². The van der Waals surface area contributed by atoms with Crippen molar-refractivity contribution >= 4 is 31.9 Å². The Morgan fingerprint density at radius 2 is 1.64 bits per heavy atom. The first-order valence-electron chi connectivity index (χ1n) is 4.13. The minimum Gasteiger partial charge on any atom is -0.219 e. The fourth-order valence-electron chi connectivity index (χ4n) is 0.929. The molecular weight excluding hydrogens is 275 g/mol. The minimum atomic E-state index is -1.33. The molecule has 0 bridgehead atoms. The average Bonchev–Trinajstić information content (AvgIpc) is 1.85. The molecule has 0 rings (SSSR count). The number of halogens is 3. The Kier molecular flexibility index (Phi) is 6.93. The summed E-state index contributed by atoms with van der Waals surface area (Å²) in [5.74, 6) is 0. The lowest BCUT2D eigenvalue weighted by Gasteiger charge is -2.08. The predicted octanol–water partition coefficient (Wildman–Crippen LogP) is 4.76. The lowest BCUT2D eigenvalue weighted by atomic mass is 10.1. The van der Waals surface area contributed by atoms with Crippen molar-refractivity contribution in [3.63, 3.8) is 0 Å². The molecule has 0 radical (unpaired) electrons. The van der Waals surface area contributed by atoms with E-state index < -0.39 is 3.49 Å². The second kappa shape index (κ2) is 6.41. The van der Waals surface area contributed by atoms with Crippen LogP contribution >= 0.6 is 31.9 Å². The van der Waals surface area contributed by atoms with Gasteiger partial charge in [-0.2, -0.15) is 0 Å².